The fraction of sp³-hybridized carbons (Fsp3) is 0.0625. The van der Waals surface area contributed by atoms with Gasteiger partial charge in [-0.1, -0.05) is 30.3 Å². The summed E-state index contributed by atoms with van der Waals surface area (Å²) in [6.07, 6.45) is 1.50. The quantitative estimate of drug-likeness (QED) is 0.531. The lowest BCUT2D eigenvalue weighted by Crippen LogP contribution is -2.17. The van der Waals surface area contributed by atoms with Gasteiger partial charge in [0.2, 0.25) is 0 Å². The van der Waals surface area contributed by atoms with Crippen molar-refractivity contribution in [1.29, 1.82) is 0 Å². The van der Waals surface area contributed by atoms with E-state index in [-0.39, 0.29) is 5.91 Å². The molecule has 0 aliphatic heterocycles. The second-order valence-corrected chi connectivity index (χ2v) is 4.18. The highest BCUT2D eigenvalue weighted by Crippen LogP contribution is 2.04. The number of hydrogen-bond donors (Lipinski definition) is 1. The SMILES string of the molecule is COC(=O)c1ccc(/C=N\NC(=O)c2ccccc2)cc1. The van der Waals surface area contributed by atoms with Crippen LogP contribution >= 0.6 is 0 Å². The molecule has 0 spiro atoms. The summed E-state index contributed by atoms with van der Waals surface area (Å²) in [6, 6.07) is 15.5. The van der Waals surface area contributed by atoms with E-state index in [2.05, 4.69) is 15.3 Å². The number of nitrogens with one attached hydrogen (secondary N) is 1. The van der Waals surface area contributed by atoms with Crippen molar-refractivity contribution in [3.8, 4) is 0 Å². The zero-order valence-corrected chi connectivity index (χ0v) is 11.4. The molecule has 0 aromatic heterocycles. The molecule has 1 N–H and O–H groups in total. The predicted octanol–water partition coefficient (Wildman–Crippen LogP) is 2.24. The van der Waals surface area contributed by atoms with Crippen molar-refractivity contribution in [2.45, 2.75) is 0 Å². The average molecular weight is 282 g/mol. The summed E-state index contributed by atoms with van der Waals surface area (Å²) in [6.45, 7) is 0. The number of esters is 1. The number of carbonyl (C=O) groups is 2. The number of rotatable bonds is 4. The van der Waals surface area contributed by atoms with E-state index < -0.39 is 5.97 Å². The second kappa shape index (κ2) is 7.00. The van der Waals surface area contributed by atoms with Crippen LogP contribution in [0.15, 0.2) is 59.7 Å². The maximum Gasteiger partial charge on any atom is 0.337 e. The molecule has 0 bridgehead atoms. The van der Waals surface area contributed by atoms with Gasteiger partial charge < -0.3 is 4.74 Å². The van der Waals surface area contributed by atoms with Crippen molar-refractivity contribution in [2.75, 3.05) is 7.11 Å². The number of nitrogens with zero attached hydrogens (tertiary/aromatic N) is 1. The number of ether oxygens (including phenoxy) is 1. The number of carbonyl (C=O) groups excluding carboxylic acids is 2. The van der Waals surface area contributed by atoms with E-state index in [4.69, 9.17) is 0 Å². The van der Waals surface area contributed by atoms with Crippen LogP contribution in [0.3, 0.4) is 0 Å². The number of benzene rings is 2. The largest absolute Gasteiger partial charge is 0.465 e. The molecule has 0 heterocycles. The molecule has 2 aromatic carbocycles. The van der Waals surface area contributed by atoms with Gasteiger partial charge in [-0.2, -0.15) is 5.10 Å². The number of amides is 1. The lowest BCUT2D eigenvalue weighted by atomic mass is 10.1. The van der Waals surface area contributed by atoms with Crippen molar-refractivity contribution in [2.24, 2.45) is 5.10 Å². The Morgan fingerprint density at radius 2 is 1.67 bits per heavy atom. The van der Waals surface area contributed by atoms with Crippen LogP contribution in [0.2, 0.25) is 0 Å². The van der Waals surface area contributed by atoms with Gasteiger partial charge in [0.25, 0.3) is 5.91 Å². The molecule has 106 valence electrons. The van der Waals surface area contributed by atoms with Crippen molar-refractivity contribution >= 4 is 18.1 Å². The van der Waals surface area contributed by atoms with Gasteiger partial charge in [-0.3, -0.25) is 4.79 Å². The molecule has 0 atom stereocenters. The molecule has 5 heteroatoms. The lowest BCUT2D eigenvalue weighted by Gasteiger charge is -2.00. The predicted molar refractivity (Wildman–Crippen MR) is 79.3 cm³/mol. The second-order valence-electron chi connectivity index (χ2n) is 4.18. The van der Waals surface area contributed by atoms with Crippen LogP contribution in [0.1, 0.15) is 26.3 Å². The summed E-state index contributed by atoms with van der Waals surface area (Å²) in [5, 5.41) is 3.87. The van der Waals surface area contributed by atoms with Gasteiger partial charge in [0.1, 0.15) is 0 Å². The first-order valence-corrected chi connectivity index (χ1v) is 6.27. The fourth-order valence-electron chi connectivity index (χ4n) is 1.64. The molecule has 0 radical (unpaired) electrons. The summed E-state index contributed by atoms with van der Waals surface area (Å²) in [7, 11) is 1.33. The molecule has 0 aliphatic carbocycles. The van der Waals surface area contributed by atoms with Crippen molar-refractivity contribution < 1.29 is 14.3 Å². The van der Waals surface area contributed by atoms with Crippen molar-refractivity contribution in [1.82, 2.24) is 5.43 Å². The van der Waals surface area contributed by atoms with E-state index in [0.717, 1.165) is 5.56 Å². The topological polar surface area (TPSA) is 67.8 Å². The van der Waals surface area contributed by atoms with Gasteiger partial charge in [0, 0.05) is 5.56 Å². The minimum absolute atomic E-state index is 0.280. The lowest BCUT2D eigenvalue weighted by molar-refractivity contribution is 0.0600. The molecule has 0 saturated heterocycles. The first-order chi connectivity index (χ1) is 10.2. The van der Waals surface area contributed by atoms with Crippen LogP contribution in [0.25, 0.3) is 0 Å². The molecular formula is C16H14N2O3. The highest BCUT2D eigenvalue weighted by atomic mass is 16.5. The van der Waals surface area contributed by atoms with Crippen LogP contribution < -0.4 is 5.43 Å². The highest BCUT2D eigenvalue weighted by Gasteiger charge is 2.04. The monoisotopic (exact) mass is 282 g/mol. The van der Waals surface area contributed by atoms with Gasteiger partial charge in [0.05, 0.1) is 18.9 Å². The zero-order chi connectivity index (χ0) is 15.1. The Hall–Kier alpha value is -2.95. The van der Waals surface area contributed by atoms with Gasteiger partial charge in [-0.25, -0.2) is 10.2 Å². The fourth-order valence-corrected chi connectivity index (χ4v) is 1.64. The van der Waals surface area contributed by atoms with Crippen LogP contribution in [0.5, 0.6) is 0 Å². The molecule has 0 fully saturated rings. The summed E-state index contributed by atoms with van der Waals surface area (Å²) in [5.41, 5.74) is 4.19. The van der Waals surface area contributed by atoms with E-state index in [1.165, 1.54) is 13.3 Å². The van der Waals surface area contributed by atoms with Crippen LogP contribution in [0, 0.1) is 0 Å². The van der Waals surface area contributed by atoms with Crippen molar-refractivity contribution in [3.05, 3.63) is 71.3 Å². The van der Waals surface area contributed by atoms with Crippen LogP contribution in [0.4, 0.5) is 0 Å². The first kappa shape index (κ1) is 14.5. The summed E-state index contributed by atoms with van der Waals surface area (Å²) in [5.74, 6) is -0.672. The Balaban J connectivity index is 1.95. The Morgan fingerprint density at radius 3 is 2.29 bits per heavy atom. The maximum atomic E-state index is 11.7. The molecular weight excluding hydrogens is 268 g/mol. The van der Waals surface area contributed by atoms with E-state index in [0.29, 0.717) is 11.1 Å². The average Bonchev–Trinajstić information content (AvgIpc) is 2.55. The Labute approximate surface area is 122 Å². The molecule has 0 aliphatic rings. The van der Waals surface area contributed by atoms with Gasteiger partial charge in [-0.05, 0) is 29.8 Å². The van der Waals surface area contributed by atoms with Crippen molar-refractivity contribution in [3.63, 3.8) is 0 Å². The molecule has 2 aromatic rings. The third-order valence-corrected chi connectivity index (χ3v) is 2.75. The molecule has 0 unspecified atom stereocenters. The minimum Gasteiger partial charge on any atom is -0.465 e. The van der Waals surface area contributed by atoms with E-state index in [1.54, 1.807) is 48.5 Å². The molecule has 21 heavy (non-hydrogen) atoms. The minimum atomic E-state index is -0.393. The normalized spacial score (nSPS) is 10.3. The smallest absolute Gasteiger partial charge is 0.337 e. The Kier molecular flexibility index (Phi) is 4.82. The molecule has 1 amide bonds. The van der Waals surface area contributed by atoms with E-state index in [1.807, 2.05) is 6.07 Å². The van der Waals surface area contributed by atoms with Gasteiger partial charge in [0.15, 0.2) is 0 Å². The number of hydrogen-bond acceptors (Lipinski definition) is 4. The summed E-state index contributed by atoms with van der Waals surface area (Å²) >= 11 is 0. The zero-order valence-electron chi connectivity index (χ0n) is 11.4. The Morgan fingerprint density at radius 1 is 1.00 bits per heavy atom. The molecule has 0 saturated carbocycles. The Bertz CT molecular complexity index is 649. The van der Waals surface area contributed by atoms with Gasteiger partial charge in [-0.15, -0.1) is 0 Å². The maximum absolute atomic E-state index is 11.7. The third kappa shape index (κ3) is 4.01. The number of hydrazone groups is 1. The first-order valence-electron chi connectivity index (χ1n) is 6.27. The van der Waals surface area contributed by atoms with E-state index >= 15 is 0 Å². The summed E-state index contributed by atoms with van der Waals surface area (Å²) < 4.78 is 4.61. The summed E-state index contributed by atoms with van der Waals surface area (Å²) in [4.78, 5) is 23.0. The molecule has 5 nitrogen and oxygen atoms in total. The van der Waals surface area contributed by atoms with Crippen LogP contribution in [-0.4, -0.2) is 25.2 Å². The third-order valence-electron chi connectivity index (χ3n) is 2.75. The van der Waals surface area contributed by atoms with Gasteiger partial charge >= 0.3 is 5.97 Å². The van der Waals surface area contributed by atoms with E-state index in [9.17, 15) is 9.59 Å². The highest BCUT2D eigenvalue weighted by molar-refractivity contribution is 5.95. The standard InChI is InChI=1S/C16H14N2O3/c1-21-16(20)14-9-7-12(8-10-14)11-17-18-15(19)13-5-3-2-4-6-13/h2-11H,1H3,(H,18,19)/b17-11-. The van der Waals surface area contributed by atoms with Crippen LogP contribution in [-0.2, 0) is 4.74 Å². The number of methoxy groups -OCH3 is 1. The molecule has 2 rings (SSSR count).